The normalized spacial score (nSPS) is 11.4. The highest BCUT2D eigenvalue weighted by molar-refractivity contribution is 5.85. The lowest BCUT2D eigenvalue weighted by molar-refractivity contribution is -0.130. The number of hydrogen-bond donors (Lipinski definition) is 1. The average molecular weight is 287 g/mol. The smallest absolute Gasteiger partial charge is 0.238 e. The summed E-state index contributed by atoms with van der Waals surface area (Å²) in [6.07, 6.45) is 0.795. The summed E-state index contributed by atoms with van der Waals surface area (Å²) >= 11 is 0. The van der Waals surface area contributed by atoms with Crippen molar-refractivity contribution in [1.29, 1.82) is 0 Å². The van der Waals surface area contributed by atoms with Crippen molar-refractivity contribution >= 4 is 18.3 Å². The molecule has 0 aliphatic carbocycles. The van der Waals surface area contributed by atoms with Crippen molar-refractivity contribution in [3.63, 3.8) is 0 Å². The molecule has 1 aromatic carbocycles. The number of nitrogens with zero attached hydrogens (tertiary/aromatic N) is 1. The molecule has 0 saturated heterocycles. The van der Waals surface area contributed by atoms with Crippen molar-refractivity contribution in [2.75, 3.05) is 20.2 Å². The van der Waals surface area contributed by atoms with E-state index < -0.39 is 6.04 Å². The molecule has 19 heavy (non-hydrogen) atoms. The zero-order valence-corrected chi connectivity index (χ0v) is 12.6. The van der Waals surface area contributed by atoms with Crippen LogP contribution in [-0.2, 0) is 4.79 Å². The second-order valence-corrected chi connectivity index (χ2v) is 4.52. The Morgan fingerprint density at radius 2 is 2.05 bits per heavy atom. The quantitative estimate of drug-likeness (QED) is 0.814. The third kappa shape index (κ3) is 5.94. The Labute approximate surface area is 121 Å². The van der Waals surface area contributed by atoms with Crippen molar-refractivity contribution < 1.29 is 9.53 Å². The molecule has 0 heterocycles. The molecule has 0 aliphatic heterocycles. The lowest BCUT2D eigenvalue weighted by atomic mass is 10.2. The first-order valence-corrected chi connectivity index (χ1v) is 6.21. The first-order valence-electron chi connectivity index (χ1n) is 6.21. The van der Waals surface area contributed by atoms with E-state index in [1.807, 2.05) is 31.2 Å². The maximum absolute atomic E-state index is 11.5. The summed E-state index contributed by atoms with van der Waals surface area (Å²) in [4.78, 5) is 13.2. The van der Waals surface area contributed by atoms with Crippen molar-refractivity contribution in [2.24, 2.45) is 5.73 Å². The Kier molecular flexibility index (Phi) is 8.19. The summed E-state index contributed by atoms with van der Waals surface area (Å²) in [5.74, 6) is 0.865. The second kappa shape index (κ2) is 8.77. The van der Waals surface area contributed by atoms with Crippen LogP contribution < -0.4 is 10.5 Å². The summed E-state index contributed by atoms with van der Waals surface area (Å²) in [6, 6.07) is 7.46. The highest BCUT2D eigenvalue weighted by Crippen LogP contribution is 2.16. The van der Waals surface area contributed by atoms with Crippen molar-refractivity contribution in [2.45, 2.75) is 26.3 Å². The molecule has 2 N–H and O–H groups in total. The number of benzene rings is 1. The van der Waals surface area contributed by atoms with Crippen LogP contribution in [0.15, 0.2) is 24.3 Å². The summed E-state index contributed by atoms with van der Waals surface area (Å²) in [6.45, 7) is 4.97. The molecule has 0 aliphatic rings. The fourth-order valence-electron chi connectivity index (χ4n) is 1.66. The largest absolute Gasteiger partial charge is 0.493 e. The molecule has 0 aromatic heterocycles. The molecule has 0 radical (unpaired) electrons. The molecule has 1 aromatic rings. The molecular formula is C14H23ClN2O2. The minimum absolute atomic E-state index is 0. The van der Waals surface area contributed by atoms with E-state index in [0.29, 0.717) is 13.2 Å². The van der Waals surface area contributed by atoms with Crippen LogP contribution in [0.4, 0.5) is 0 Å². The number of rotatable bonds is 6. The molecule has 0 fully saturated rings. The Hall–Kier alpha value is -1.26. The van der Waals surface area contributed by atoms with Gasteiger partial charge < -0.3 is 15.4 Å². The average Bonchev–Trinajstić information content (AvgIpc) is 2.35. The third-order valence-corrected chi connectivity index (χ3v) is 2.75. The van der Waals surface area contributed by atoms with E-state index in [9.17, 15) is 4.79 Å². The lowest BCUT2D eigenvalue weighted by Gasteiger charge is -2.19. The number of amides is 1. The van der Waals surface area contributed by atoms with Gasteiger partial charge in [0.15, 0.2) is 0 Å². The molecule has 5 heteroatoms. The van der Waals surface area contributed by atoms with Crippen LogP contribution in [-0.4, -0.2) is 37.0 Å². The van der Waals surface area contributed by atoms with E-state index in [0.717, 1.165) is 17.7 Å². The van der Waals surface area contributed by atoms with Gasteiger partial charge in [-0.25, -0.2) is 0 Å². The van der Waals surface area contributed by atoms with Gasteiger partial charge in [0.2, 0.25) is 5.91 Å². The van der Waals surface area contributed by atoms with Crippen molar-refractivity contribution in [3.05, 3.63) is 29.8 Å². The molecule has 1 rings (SSSR count). The number of ether oxygens (including phenoxy) is 1. The Morgan fingerprint density at radius 3 is 2.63 bits per heavy atom. The molecule has 108 valence electrons. The van der Waals surface area contributed by atoms with Gasteiger partial charge in [-0.05, 0) is 31.9 Å². The monoisotopic (exact) mass is 286 g/mol. The van der Waals surface area contributed by atoms with Crippen molar-refractivity contribution in [3.8, 4) is 5.75 Å². The molecule has 0 bridgehead atoms. The SMILES string of the molecule is Cc1ccccc1OCCCN(C)C(=O)[C@H](C)N.Cl. The van der Waals surface area contributed by atoms with Gasteiger partial charge in [-0.3, -0.25) is 4.79 Å². The predicted molar refractivity (Wildman–Crippen MR) is 79.8 cm³/mol. The van der Waals surface area contributed by atoms with Crippen LogP contribution in [0.3, 0.4) is 0 Å². The third-order valence-electron chi connectivity index (χ3n) is 2.75. The van der Waals surface area contributed by atoms with Gasteiger partial charge in [0.25, 0.3) is 0 Å². The fraction of sp³-hybridized carbons (Fsp3) is 0.500. The molecule has 4 nitrogen and oxygen atoms in total. The van der Waals surface area contributed by atoms with Gasteiger partial charge in [0, 0.05) is 13.6 Å². The van der Waals surface area contributed by atoms with Crippen LogP contribution in [0, 0.1) is 6.92 Å². The second-order valence-electron chi connectivity index (χ2n) is 4.52. The number of nitrogens with two attached hydrogens (primary N) is 1. The minimum Gasteiger partial charge on any atom is -0.493 e. The van der Waals surface area contributed by atoms with E-state index in [4.69, 9.17) is 10.5 Å². The molecular weight excluding hydrogens is 264 g/mol. The molecule has 0 spiro atoms. The lowest BCUT2D eigenvalue weighted by Crippen LogP contribution is -2.40. The maximum atomic E-state index is 11.5. The number of hydrogen-bond acceptors (Lipinski definition) is 3. The van der Waals surface area contributed by atoms with E-state index in [2.05, 4.69) is 0 Å². The van der Waals surface area contributed by atoms with E-state index in [1.165, 1.54) is 0 Å². The summed E-state index contributed by atoms with van der Waals surface area (Å²) in [5.41, 5.74) is 6.65. The number of halogens is 1. The van der Waals surface area contributed by atoms with Crippen LogP contribution in [0.5, 0.6) is 5.75 Å². The van der Waals surface area contributed by atoms with Gasteiger partial charge in [-0.15, -0.1) is 12.4 Å². The maximum Gasteiger partial charge on any atom is 0.238 e. The van der Waals surface area contributed by atoms with Gasteiger partial charge in [0.1, 0.15) is 5.75 Å². The molecule has 0 saturated carbocycles. The highest BCUT2D eigenvalue weighted by Gasteiger charge is 2.12. The Bertz CT molecular complexity index is 397. The summed E-state index contributed by atoms with van der Waals surface area (Å²) in [5, 5.41) is 0. The van der Waals surface area contributed by atoms with Gasteiger partial charge in [-0.2, -0.15) is 0 Å². The number of carbonyl (C=O) groups excluding carboxylic acids is 1. The minimum atomic E-state index is -0.438. The predicted octanol–water partition coefficient (Wildman–Crippen LogP) is 1.99. The number of likely N-dealkylation sites (N-methyl/N-ethyl adjacent to an activating group) is 1. The molecule has 1 amide bonds. The fourth-order valence-corrected chi connectivity index (χ4v) is 1.66. The zero-order chi connectivity index (χ0) is 13.5. The molecule has 0 unspecified atom stereocenters. The Balaban J connectivity index is 0.00000324. The first kappa shape index (κ1) is 17.7. The van der Waals surface area contributed by atoms with E-state index >= 15 is 0 Å². The number of aryl methyl sites for hydroxylation is 1. The van der Waals surface area contributed by atoms with Crippen LogP contribution in [0.2, 0.25) is 0 Å². The zero-order valence-electron chi connectivity index (χ0n) is 11.8. The van der Waals surface area contributed by atoms with Gasteiger partial charge in [0.05, 0.1) is 12.6 Å². The van der Waals surface area contributed by atoms with Gasteiger partial charge in [-0.1, -0.05) is 18.2 Å². The van der Waals surface area contributed by atoms with Crippen molar-refractivity contribution in [1.82, 2.24) is 4.90 Å². The van der Waals surface area contributed by atoms with Gasteiger partial charge >= 0.3 is 0 Å². The number of carbonyl (C=O) groups is 1. The summed E-state index contributed by atoms with van der Waals surface area (Å²) in [7, 11) is 1.76. The highest BCUT2D eigenvalue weighted by atomic mass is 35.5. The number of para-hydroxylation sites is 1. The van der Waals surface area contributed by atoms with Crippen LogP contribution in [0.25, 0.3) is 0 Å². The van der Waals surface area contributed by atoms with E-state index in [1.54, 1.807) is 18.9 Å². The Morgan fingerprint density at radius 1 is 1.42 bits per heavy atom. The molecule has 1 atom stereocenters. The first-order chi connectivity index (χ1) is 8.52. The standard InChI is InChI=1S/C14H22N2O2.ClH/c1-11-7-4-5-8-13(11)18-10-6-9-16(3)14(17)12(2)15;/h4-5,7-8,12H,6,9-10,15H2,1-3H3;1H/t12-;/m0./s1. The summed E-state index contributed by atoms with van der Waals surface area (Å²) < 4.78 is 5.66. The van der Waals surface area contributed by atoms with E-state index in [-0.39, 0.29) is 18.3 Å². The topological polar surface area (TPSA) is 55.6 Å². The van der Waals surface area contributed by atoms with Crippen LogP contribution in [0.1, 0.15) is 18.9 Å². The van der Waals surface area contributed by atoms with Crippen LogP contribution >= 0.6 is 12.4 Å².